The molecule has 4 N–H and O–H groups in total. The van der Waals surface area contributed by atoms with Crippen LogP contribution in [0.1, 0.15) is 20.7 Å². The Kier molecular flexibility index (Phi) is 4.44. The lowest BCUT2D eigenvalue weighted by atomic mass is 10.1. The van der Waals surface area contributed by atoms with Crippen LogP contribution in [0.25, 0.3) is 10.4 Å². The maximum Gasteiger partial charge on any atom is 0.257 e. The maximum atomic E-state index is 13.6. The van der Waals surface area contributed by atoms with Crippen molar-refractivity contribution in [3.63, 3.8) is 0 Å². The van der Waals surface area contributed by atoms with Gasteiger partial charge in [0, 0.05) is 17.4 Å². The Hall–Kier alpha value is -3.26. The first-order chi connectivity index (χ1) is 12.0. The topological polar surface area (TPSA) is 105 Å². The number of phenolic OH excluding ortho intramolecular Hbond substituents is 1. The molecule has 0 saturated carbocycles. The summed E-state index contributed by atoms with van der Waals surface area (Å²) in [5.41, 5.74) is 6.78. The average molecular weight is 357 g/mol. The van der Waals surface area contributed by atoms with Gasteiger partial charge in [-0.05, 0) is 29.8 Å². The van der Waals surface area contributed by atoms with Crippen LogP contribution >= 0.6 is 11.3 Å². The van der Waals surface area contributed by atoms with E-state index in [4.69, 9.17) is 5.73 Å². The molecule has 2 aromatic carbocycles. The van der Waals surface area contributed by atoms with Crippen LogP contribution in [-0.2, 0) is 0 Å². The third kappa shape index (κ3) is 3.48. The van der Waals surface area contributed by atoms with Crippen molar-refractivity contribution < 1.29 is 19.1 Å². The molecule has 0 unspecified atom stereocenters. The molecule has 0 bridgehead atoms. The second-order valence-electron chi connectivity index (χ2n) is 5.12. The monoisotopic (exact) mass is 357 g/mol. The number of aldehydes is 1. The maximum absolute atomic E-state index is 13.6. The van der Waals surface area contributed by atoms with Crippen LogP contribution < -0.4 is 11.1 Å². The summed E-state index contributed by atoms with van der Waals surface area (Å²) in [5, 5.41) is 12.2. The van der Waals surface area contributed by atoms with Gasteiger partial charge in [0.25, 0.3) is 5.91 Å². The second kappa shape index (κ2) is 6.70. The van der Waals surface area contributed by atoms with Crippen LogP contribution in [0.3, 0.4) is 0 Å². The smallest absolute Gasteiger partial charge is 0.257 e. The van der Waals surface area contributed by atoms with Crippen molar-refractivity contribution in [3.8, 4) is 16.2 Å². The van der Waals surface area contributed by atoms with Gasteiger partial charge >= 0.3 is 0 Å². The number of aromatic nitrogens is 1. The van der Waals surface area contributed by atoms with Gasteiger partial charge in [-0.1, -0.05) is 23.5 Å². The molecule has 0 saturated heterocycles. The fourth-order valence-corrected chi connectivity index (χ4v) is 2.94. The predicted molar refractivity (Wildman–Crippen MR) is 93.4 cm³/mol. The zero-order chi connectivity index (χ0) is 18.0. The predicted octanol–water partition coefficient (Wildman–Crippen LogP) is 3.30. The molecule has 3 aromatic rings. The standard InChI is InChI=1S/C17H12FN3O3S/c18-13-6-10(5-11(8-22)15(13)23)16(24)21-17-20-7-14(25-17)9-1-3-12(19)4-2-9/h1-8,23H,19H2,(H,20,21,24). The van der Waals surface area contributed by atoms with Gasteiger partial charge in [-0.15, -0.1) is 0 Å². The number of phenols is 1. The highest BCUT2D eigenvalue weighted by molar-refractivity contribution is 7.19. The quantitative estimate of drug-likeness (QED) is 0.491. The number of anilines is 2. The molecule has 0 aliphatic rings. The molecule has 0 atom stereocenters. The lowest BCUT2D eigenvalue weighted by molar-refractivity contribution is 0.102. The van der Waals surface area contributed by atoms with Gasteiger partial charge < -0.3 is 10.8 Å². The van der Waals surface area contributed by atoms with Crippen LogP contribution in [0.2, 0.25) is 0 Å². The molecular weight excluding hydrogens is 345 g/mol. The number of carbonyl (C=O) groups excluding carboxylic acids is 2. The number of rotatable bonds is 4. The van der Waals surface area contributed by atoms with Crippen molar-refractivity contribution in [3.05, 3.63) is 59.5 Å². The molecule has 0 radical (unpaired) electrons. The molecule has 0 spiro atoms. The SMILES string of the molecule is Nc1ccc(-c2cnc(NC(=O)c3cc(F)c(O)c(C=O)c3)s2)cc1. The van der Waals surface area contributed by atoms with Crippen LogP contribution in [0.5, 0.6) is 5.75 Å². The summed E-state index contributed by atoms with van der Waals surface area (Å²) in [4.78, 5) is 28.0. The minimum Gasteiger partial charge on any atom is -0.504 e. The van der Waals surface area contributed by atoms with E-state index in [0.717, 1.165) is 22.6 Å². The minimum atomic E-state index is -1.04. The van der Waals surface area contributed by atoms with Gasteiger partial charge in [-0.25, -0.2) is 9.37 Å². The number of aromatic hydroxyl groups is 1. The van der Waals surface area contributed by atoms with E-state index in [1.807, 2.05) is 12.1 Å². The number of nitrogens with two attached hydrogens (primary N) is 1. The first-order valence-electron chi connectivity index (χ1n) is 7.08. The first-order valence-corrected chi connectivity index (χ1v) is 7.90. The molecule has 0 aliphatic heterocycles. The summed E-state index contributed by atoms with van der Waals surface area (Å²) < 4.78 is 13.6. The minimum absolute atomic E-state index is 0.0957. The first kappa shape index (κ1) is 16.6. The molecule has 1 heterocycles. The van der Waals surface area contributed by atoms with Crippen molar-refractivity contribution in [2.75, 3.05) is 11.1 Å². The van der Waals surface area contributed by atoms with Gasteiger partial charge in [0.1, 0.15) is 0 Å². The third-order valence-electron chi connectivity index (χ3n) is 3.40. The van der Waals surface area contributed by atoms with Gasteiger partial charge in [0.05, 0.1) is 10.4 Å². The Morgan fingerprint density at radius 3 is 2.68 bits per heavy atom. The molecule has 126 valence electrons. The van der Waals surface area contributed by atoms with Gasteiger partial charge in [-0.3, -0.25) is 14.9 Å². The highest BCUT2D eigenvalue weighted by atomic mass is 32.1. The number of nitrogens with zero attached hydrogens (tertiary/aromatic N) is 1. The number of nitrogen functional groups attached to an aromatic ring is 1. The number of hydrogen-bond donors (Lipinski definition) is 3. The third-order valence-corrected chi connectivity index (χ3v) is 4.37. The fourth-order valence-electron chi connectivity index (χ4n) is 2.12. The van der Waals surface area contributed by atoms with E-state index in [1.54, 1.807) is 18.3 Å². The fraction of sp³-hybridized carbons (Fsp3) is 0. The molecule has 3 rings (SSSR count). The molecule has 6 nitrogen and oxygen atoms in total. The average Bonchev–Trinajstić information content (AvgIpc) is 3.06. The van der Waals surface area contributed by atoms with E-state index < -0.39 is 17.5 Å². The van der Waals surface area contributed by atoms with E-state index in [-0.39, 0.29) is 17.4 Å². The van der Waals surface area contributed by atoms with Crippen LogP contribution in [0.15, 0.2) is 42.6 Å². The summed E-state index contributed by atoms with van der Waals surface area (Å²) in [6, 6.07) is 9.14. The highest BCUT2D eigenvalue weighted by Gasteiger charge is 2.15. The summed E-state index contributed by atoms with van der Waals surface area (Å²) in [7, 11) is 0. The van der Waals surface area contributed by atoms with Crippen molar-refractivity contribution in [2.45, 2.75) is 0 Å². The molecule has 0 aliphatic carbocycles. The molecule has 8 heteroatoms. The number of halogens is 1. The Bertz CT molecular complexity index is 954. The van der Waals surface area contributed by atoms with Gasteiger partial charge in [0.2, 0.25) is 0 Å². The summed E-state index contributed by atoms with van der Waals surface area (Å²) in [6.45, 7) is 0. The zero-order valence-corrected chi connectivity index (χ0v) is 13.5. The lowest BCUT2D eigenvalue weighted by Gasteiger charge is -2.05. The van der Waals surface area contributed by atoms with E-state index in [0.29, 0.717) is 10.8 Å². The summed E-state index contributed by atoms with van der Waals surface area (Å²) in [6.07, 6.45) is 1.87. The van der Waals surface area contributed by atoms with Crippen LogP contribution in [-0.4, -0.2) is 22.3 Å². The molecule has 25 heavy (non-hydrogen) atoms. The lowest BCUT2D eigenvalue weighted by Crippen LogP contribution is -2.12. The normalized spacial score (nSPS) is 10.4. The van der Waals surface area contributed by atoms with E-state index in [2.05, 4.69) is 10.3 Å². The largest absolute Gasteiger partial charge is 0.504 e. The number of carbonyl (C=O) groups is 2. The number of amides is 1. The van der Waals surface area contributed by atoms with E-state index in [1.165, 1.54) is 11.3 Å². The molecule has 0 fully saturated rings. The van der Waals surface area contributed by atoms with Crippen LogP contribution in [0.4, 0.5) is 15.2 Å². The second-order valence-corrected chi connectivity index (χ2v) is 6.15. The van der Waals surface area contributed by atoms with E-state index >= 15 is 0 Å². The molecular formula is C17H12FN3O3S. The number of hydrogen-bond acceptors (Lipinski definition) is 6. The number of thiazole rings is 1. The Balaban J connectivity index is 1.81. The van der Waals surface area contributed by atoms with Gasteiger partial charge in [-0.2, -0.15) is 0 Å². The van der Waals surface area contributed by atoms with E-state index in [9.17, 15) is 19.1 Å². The molecule has 1 aromatic heterocycles. The number of benzene rings is 2. The Labute approximate surface area is 145 Å². The van der Waals surface area contributed by atoms with Crippen LogP contribution in [0, 0.1) is 5.82 Å². The van der Waals surface area contributed by atoms with Crippen molar-refractivity contribution in [1.29, 1.82) is 0 Å². The number of nitrogens with one attached hydrogen (secondary N) is 1. The highest BCUT2D eigenvalue weighted by Crippen LogP contribution is 2.30. The van der Waals surface area contributed by atoms with Crippen molar-refractivity contribution in [2.24, 2.45) is 0 Å². The summed E-state index contributed by atoms with van der Waals surface area (Å²) >= 11 is 1.24. The summed E-state index contributed by atoms with van der Waals surface area (Å²) in [5.74, 6) is -2.47. The van der Waals surface area contributed by atoms with Gasteiger partial charge in [0.15, 0.2) is 23.0 Å². The Morgan fingerprint density at radius 2 is 2.00 bits per heavy atom. The molecule has 1 amide bonds. The van der Waals surface area contributed by atoms with Crippen molar-refractivity contribution >= 4 is 34.3 Å². The van der Waals surface area contributed by atoms with Crippen molar-refractivity contribution in [1.82, 2.24) is 4.98 Å². The zero-order valence-electron chi connectivity index (χ0n) is 12.7. The Morgan fingerprint density at radius 1 is 1.28 bits per heavy atom.